The minimum atomic E-state index is 0. The first-order chi connectivity index (χ1) is 15.3. The predicted molar refractivity (Wildman–Crippen MR) is 139 cm³/mol. The Morgan fingerprint density at radius 1 is 1.09 bits per heavy atom. The van der Waals surface area contributed by atoms with Crippen molar-refractivity contribution in [3.05, 3.63) is 66.1 Å². The van der Waals surface area contributed by atoms with Gasteiger partial charge in [-0.2, -0.15) is 5.10 Å². The van der Waals surface area contributed by atoms with Gasteiger partial charge in [-0.15, -0.1) is 24.0 Å². The highest BCUT2D eigenvalue weighted by Crippen LogP contribution is 2.19. The first-order valence-electron chi connectivity index (χ1n) is 10.4. The lowest BCUT2D eigenvalue weighted by molar-refractivity contribution is 0.415. The Bertz CT molecular complexity index is 1150. The molecule has 4 rings (SSSR count). The van der Waals surface area contributed by atoms with E-state index in [-0.39, 0.29) is 24.0 Å². The second-order valence-electron chi connectivity index (χ2n) is 7.07. The molecule has 2 heterocycles. The van der Waals surface area contributed by atoms with Crippen LogP contribution >= 0.6 is 24.0 Å². The number of hydrogen-bond donors (Lipinski definition) is 4. The lowest BCUT2D eigenvalue weighted by Crippen LogP contribution is -2.38. The maximum absolute atomic E-state index is 5.19. The molecule has 0 fully saturated rings. The zero-order valence-electron chi connectivity index (χ0n) is 18.2. The van der Waals surface area contributed by atoms with Gasteiger partial charge in [0.25, 0.3) is 0 Å². The van der Waals surface area contributed by atoms with Gasteiger partial charge in [0.1, 0.15) is 18.1 Å². The maximum Gasteiger partial charge on any atom is 0.191 e. The van der Waals surface area contributed by atoms with Crippen molar-refractivity contribution in [1.29, 1.82) is 0 Å². The van der Waals surface area contributed by atoms with Gasteiger partial charge in [0.15, 0.2) is 11.8 Å². The Labute approximate surface area is 204 Å². The molecular formula is C23H28IN7O. The lowest BCUT2D eigenvalue weighted by Gasteiger charge is -2.10. The molecule has 32 heavy (non-hydrogen) atoms. The van der Waals surface area contributed by atoms with Crippen LogP contribution in [0.2, 0.25) is 0 Å². The third kappa shape index (κ3) is 5.78. The molecule has 0 unspecified atom stereocenters. The summed E-state index contributed by atoms with van der Waals surface area (Å²) in [6.45, 7) is 4.02. The number of aromatic amines is 2. The Hall–Kier alpha value is -3.08. The molecule has 0 atom stereocenters. The first-order valence-corrected chi connectivity index (χ1v) is 10.4. The zero-order valence-corrected chi connectivity index (χ0v) is 20.5. The van der Waals surface area contributed by atoms with E-state index in [9.17, 15) is 0 Å². The molecule has 4 aromatic rings. The Morgan fingerprint density at radius 2 is 1.91 bits per heavy atom. The minimum absolute atomic E-state index is 0. The van der Waals surface area contributed by atoms with Crippen molar-refractivity contribution in [2.24, 2.45) is 4.99 Å². The summed E-state index contributed by atoms with van der Waals surface area (Å²) in [6.07, 6.45) is 2.98. The summed E-state index contributed by atoms with van der Waals surface area (Å²) < 4.78 is 5.19. The number of H-pyrrole nitrogens is 2. The first kappa shape index (κ1) is 23.6. The highest BCUT2D eigenvalue weighted by molar-refractivity contribution is 14.0. The van der Waals surface area contributed by atoms with Gasteiger partial charge in [0.05, 0.1) is 7.11 Å². The summed E-state index contributed by atoms with van der Waals surface area (Å²) in [6, 6.07) is 16.0. The second kappa shape index (κ2) is 11.5. The molecule has 8 nitrogen and oxygen atoms in total. The number of para-hydroxylation sites is 1. The van der Waals surface area contributed by atoms with E-state index in [1.165, 1.54) is 10.9 Å². The fourth-order valence-corrected chi connectivity index (χ4v) is 3.38. The van der Waals surface area contributed by atoms with Crippen LogP contribution in [0.5, 0.6) is 5.75 Å². The van der Waals surface area contributed by atoms with Crippen molar-refractivity contribution in [3.8, 4) is 17.1 Å². The van der Waals surface area contributed by atoms with Crippen molar-refractivity contribution < 1.29 is 4.74 Å². The van der Waals surface area contributed by atoms with Gasteiger partial charge in [-0.3, -0.25) is 5.10 Å². The minimum Gasteiger partial charge on any atom is -0.497 e. The number of aromatic nitrogens is 4. The third-order valence-electron chi connectivity index (χ3n) is 4.97. The topological polar surface area (TPSA) is 103 Å². The number of fused-ring (bicyclic) bond motifs is 1. The van der Waals surface area contributed by atoms with Crippen molar-refractivity contribution >= 4 is 40.8 Å². The average Bonchev–Trinajstić information content (AvgIpc) is 3.45. The molecule has 0 amide bonds. The average molecular weight is 545 g/mol. The quantitative estimate of drug-likeness (QED) is 0.153. The number of nitrogens with one attached hydrogen (secondary N) is 4. The van der Waals surface area contributed by atoms with E-state index < -0.39 is 0 Å². The number of guanidine groups is 1. The fraction of sp³-hybridized carbons (Fsp3) is 0.261. The number of halogens is 1. The molecule has 2 aromatic heterocycles. The molecule has 0 saturated carbocycles. The Balaban J connectivity index is 0.00000289. The van der Waals surface area contributed by atoms with Gasteiger partial charge >= 0.3 is 0 Å². The van der Waals surface area contributed by atoms with Crippen LogP contribution in [0.4, 0.5) is 0 Å². The van der Waals surface area contributed by atoms with Crippen LogP contribution in [0.3, 0.4) is 0 Å². The van der Waals surface area contributed by atoms with Crippen molar-refractivity contribution in [1.82, 2.24) is 30.8 Å². The summed E-state index contributed by atoms with van der Waals surface area (Å²) in [5.41, 5.74) is 3.38. The number of aliphatic imine (C=N–C) groups is 1. The number of rotatable bonds is 8. The SMILES string of the molecule is CCNC(=NCc1nc(-c2ccc(OC)cc2)n[nH]1)NCCc1c[nH]c2ccccc12.I. The molecule has 0 spiro atoms. The van der Waals surface area contributed by atoms with Crippen LogP contribution in [0, 0.1) is 0 Å². The van der Waals surface area contributed by atoms with Crippen molar-refractivity contribution in [2.45, 2.75) is 19.9 Å². The molecule has 4 N–H and O–H groups in total. The summed E-state index contributed by atoms with van der Waals surface area (Å²) in [5, 5.41) is 15.2. The van der Waals surface area contributed by atoms with E-state index in [2.05, 4.69) is 60.2 Å². The normalized spacial score (nSPS) is 11.2. The number of nitrogens with zero attached hydrogens (tertiary/aromatic N) is 3. The maximum atomic E-state index is 5.19. The van der Waals surface area contributed by atoms with Crippen LogP contribution < -0.4 is 15.4 Å². The van der Waals surface area contributed by atoms with E-state index in [0.29, 0.717) is 18.2 Å². The van der Waals surface area contributed by atoms with Crippen LogP contribution in [-0.2, 0) is 13.0 Å². The molecule has 0 aliphatic heterocycles. The standard InChI is InChI=1S/C23H27N7O.HI/c1-3-24-23(25-13-12-17-14-26-20-7-5-4-6-19(17)20)27-15-21-28-22(30-29-21)16-8-10-18(31-2)11-9-16;/h4-11,14,26H,3,12-13,15H2,1-2H3,(H2,24,25,27)(H,28,29,30);1H. The van der Waals surface area contributed by atoms with E-state index in [1.807, 2.05) is 37.3 Å². The third-order valence-corrected chi connectivity index (χ3v) is 4.97. The van der Waals surface area contributed by atoms with E-state index in [0.717, 1.165) is 42.3 Å². The van der Waals surface area contributed by atoms with Crippen LogP contribution in [-0.4, -0.2) is 46.3 Å². The highest BCUT2D eigenvalue weighted by atomic mass is 127. The van der Waals surface area contributed by atoms with Gasteiger partial charge in [0.2, 0.25) is 0 Å². The highest BCUT2D eigenvalue weighted by Gasteiger charge is 2.07. The molecule has 0 aliphatic rings. The molecule has 0 saturated heterocycles. The van der Waals surface area contributed by atoms with Gasteiger partial charge < -0.3 is 20.4 Å². The molecule has 9 heteroatoms. The van der Waals surface area contributed by atoms with Crippen LogP contribution in [0.15, 0.2) is 59.7 Å². The zero-order chi connectivity index (χ0) is 21.5. The van der Waals surface area contributed by atoms with Gasteiger partial charge in [-0.1, -0.05) is 18.2 Å². The predicted octanol–water partition coefficient (Wildman–Crippen LogP) is 3.88. The lowest BCUT2D eigenvalue weighted by atomic mass is 10.1. The number of benzene rings is 2. The van der Waals surface area contributed by atoms with Crippen LogP contribution in [0.25, 0.3) is 22.3 Å². The smallest absolute Gasteiger partial charge is 0.191 e. The summed E-state index contributed by atoms with van der Waals surface area (Å²) in [4.78, 5) is 12.5. The molecule has 0 aliphatic carbocycles. The fourth-order valence-electron chi connectivity index (χ4n) is 3.38. The number of ether oxygens (including phenoxy) is 1. The van der Waals surface area contributed by atoms with E-state index in [4.69, 9.17) is 4.74 Å². The monoisotopic (exact) mass is 545 g/mol. The summed E-state index contributed by atoms with van der Waals surface area (Å²) in [5.74, 6) is 2.91. The summed E-state index contributed by atoms with van der Waals surface area (Å²) >= 11 is 0. The second-order valence-corrected chi connectivity index (χ2v) is 7.07. The van der Waals surface area contributed by atoms with E-state index >= 15 is 0 Å². The van der Waals surface area contributed by atoms with Crippen LogP contribution in [0.1, 0.15) is 18.3 Å². The van der Waals surface area contributed by atoms with Gasteiger partial charge in [-0.05, 0) is 49.2 Å². The Morgan fingerprint density at radius 3 is 2.69 bits per heavy atom. The van der Waals surface area contributed by atoms with E-state index in [1.54, 1.807) is 7.11 Å². The molecule has 0 bridgehead atoms. The van der Waals surface area contributed by atoms with Gasteiger partial charge in [-0.25, -0.2) is 9.98 Å². The number of methoxy groups -OCH3 is 1. The molecule has 168 valence electrons. The summed E-state index contributed by atoms with van der Waals surface area (Å²) in [7, 11) is 1.65. The molecule has 2 aromatic carbocycles. The van der Waals surface area contributed by atoms with Gasteiger partial charge in [0, 0.05) is 35.8 Å². The Kier molecular flexibility index (Phi) is 8.48. The number of hydrogen-bond acceptors (Lipinski definition) is 4. The van der Waals surface area contributed by atoms with Crippen molar-refractivity contribution in [2.75, 3.05) is 20.2 Å². The molecular weight excluding hydrogens is 517 g/mol. The largest absolute Gasteiger partial charge is 0.497 e. The van der Waals surface area contributed by atoms with Crippen molar-refractivity contribution in [3.63, 3.8) is 0 Å². The molecule has 0 radical (unpaired) electrons.